The van der Waals surface area contributed by atoms with Gasteiger partial charge in [0.15, 0.2) is 9.84 Å². The molecule has 3 rings (SSSR count). The maximum Gasteiger partial charge on any atom is 0.416 e. The van der Waals surface area contributed by atoms with Crippen molar-refractivity contribution in [1.29, 1.82) is 0 Å². The molecule has 0 aliphatic rings. The van der Waals surface area contributed by atoms with E-state index in [1.165, 1.54) is 47.3 Å². The van der Waals surface area contributed by atoms with Crippen molar-refractivity contribution in [2.24, 2.45) is 0 Å². The van der Waals surface area contributed by atoms with E-state index < -0.39 is 33.5 Å². The molecule has 2 aromatic carbocycles. The fraction of sp³-hybridized carbons (Fsp3) is 0.238. The van der Waals surface area contributed by atoms with Crippen LogP contribution in [0, 0.1) is 6.92 Å². The summed E-state index contributed by atoms with van der Waals surface area (Å²) in [5.41, 5.74) is 0.825. The first-order valence-corrected chi connectivity index (χ1v) is 11.1. The summed E-state index contributed by atoms with van der Waals surface area (Å²) < 4.78 is 63.8. The van der Waals surface area contributed by atoms with Crippen molar-refractivity contribution in [2.45, 2.75) is 31.0 Å². The lowest BCUT2D eigenvalue weighted by Crippen LogP contribution is -2.27. The minimum atomic E-state index is -4.47. The van der Waals surface area contributed by atoms with Crippen LogP contribution in [0.2, 0.25) is 0 Å². The van der Waals surface area contributed by atoms with Gasteiger partial charge in [-0.1, -0.05) is 12.1 Å². The van der Waals surface area contributed by atoms with Crippen LogP contribution in [-0.4, -0.2) is 30.4 Å². The Balaban J connectivity index is 1.84. The summed E-state index contributed by atoms with van der Waals surface area (Å²) in [6, 6.07) is 9.95. The highest BCUT2D eigenvalue weighted by atomic mass is 32.2. The van der Waals surface area contributed by atoms with Gasteiger partial charge in [-0.15, -0.1) is 0 Å². The van der Waals surface area contributed by atoms with E-state index in [4.69, 9.17) is 0 Å². The minimum absolute atomic E-state index is 0.0290. The van der Waals surface area contributed by atoms with Crippen LogP contribution in [0.4, 0.5) is 13.2 Å². The molecule has 6 nitrogen and oxygen atoms in total. The molecule has 0 bridgehead atoms. The van der Waals surface area contributed by atoms with E-state index in [0.29, 0.717) is 11.3 Å². The molecule has 10 heteroatoms. The first-order valence-electron chi connectivity index (χ1n) is 9.21. The molecule has 0 spiro atoms. The second-order valence-corrected chi connectivity index (χ2v) is 9.16. The van der Waals surface area contributed by atoms with Gasteiger partial charge in [-0.25, -0.2) is 13.1 Å². The van der Waals surface area contributed by atoms with Gasteiger partial charge in [0, 0.05) is 23.1 Å². The highest BCUT2D eigenvalue weighted by Crippen LogP contribution is 2.31. The first kappa shape index (κ1) is 22.5. The van der Waals surface area contributed by atoms with Crippen LogP contribution in [0.25, 0.3) is 5.69 Å². The monoisotopic (exact) mass is 451 g/mol. The lowest BCUT2D eigenvalue weighted by Gasteiger charge is -2.15. The summed E-state index contributed by atoms with van der Waals surface area (Å²) >= 11 is 0. The van der Waals surface area contributed by atoms with Gasteiger partial charge in [-0.2, -0.15) is 18.3 Å². The number of amides is 1. The molecule has 1 aromatic heterocycles. The molecule has 0 fully saturated rings. The molecular weight excluding hydrogens is 431 g/mol. The number of benzene rings is 2. The van der Waals surface area contributed by atoms with Gasteiger partial charge in [0.2, 0.25) is 0 Å². The lowest BCUT2D eigenvalue weighted by molar-refractivity contribution is -0.137. The second kappa shape index (κ2) is 8.18. The fourth-order valence-electron chi connectivity index (χ4n) is 3.15. The van der Waals surface area contributed by atoms with E-state index in [2.05, 4.69) is 10.4 Å². The number of hydrogen-bond acceptors (Lipinski definition) is 4. The molecular formula is C21H20F3N3O3S. The van der Waals surface area contributed by atoms with Crippen molar-refractivity contribution in [2.75, 3.05) is 6.26 Å². The standard InChI is InChI=1S/C21H20F3N3O3S/c1-13(26-20(28)15-6-4-9-18(10-15)31(3,29)30)19-12-25-27(14(19)2)17-8-5-7-16(11-17)21(22,23)24/h4-13H,1-3H3,(H,26,28)/t13-/m1/s1. The Kier molecular flexibility index (Phi) is 5.95. The largest absolute Gasteiger partial charge is 0.416 e. The molecule has 164 valence electrons. The molecule has 1 amide bonds. The second-order valence-electron chi connectivity index (χ2n) is 7.14. The van der Waals surface area contributed by atoms with Crippen molar-refractivity contribution < 1.29 is 26.4 Å². The minimum Gasteiger partial charge on any atom is -0.345 e. The summed E-state index contributed by atoms with van der Waals surface area (Å²) in [4.78, 5) is 12.6. The Hall–Kier alpha value is -3.14. The molecule has 1 heterocycles. The quantitative estimate of drug-likeness (QED) is 0.634. The molecule has 0 radical (unpaired) electrons. The number of rotatable bonds is 5. The Morgan fingerprint density at radius 2 is 1.81 bits per heavy atom. The molecule has 1 N–H and O–H groups in total. The van der Waals surface area contributed by atoms with E-state index in [1.54, 1.807) is 13.8 Å². The zero-order valence-electron chi connectivity index (χ0n) is 16.9. The molecule has 1 atom stereocenters. The predicted octanol–water partition coefficient (Wildman–Crippen LogP) is 4.09. The molecule has 3 aromatic rings. The molecule has 0 aliphatic heterocycles. The van der Waals surface area contributed by atoms with E-state index >= 15 is 0 Å². The van der Waals surface area contributed by atoms with Gasteiger partial charge in [-0.3, -0.25) is 4.79 Å². The summed E-state index contributed by atoms with van der Waals surface area (Å²) in [7, 11) is -3.46. The third-order valence-electron chi connectivity index (χ3n) is 4.80. The third-order valence-corrected chi connectivity index (χ3v) is 5.91. The van der Waals surface area contributed by atoms with Crippen LogP contribution in [0.3, 0.4) is 0 Å². The first-order chi connectivity index (χ1) is 14.4. The highest BCUT2D eigenvalue weighted by molar-refractivity contribution is 7.90. The van der Waals surface area contributed by atoms with Crippen LogP contribution in [0.15, 0.2) is 59.6 Å². The molecule has 0 aliphatic carbocycles. The number of halogens is 3. The van der Waals surface area contributed by atoms with E-state index in [9.17, 15) is 26.4 Å². The highest BCUT2D eigenvalue weighted by Gasteiger charge is 2.30. The number of nitrogens with zero attached hydrogens (tertiary/aromatic N) is 2. The van der Waals surface area contributed by atoms with Gasteiger partial charge in [-0.05, 0) is 50.2 Å². The summed E-state index contributed by atoms with van der Waals surface area (Å²) in [5.74, 6) is -0.482. The van der Waals surface area contributed by atoms with Gasteiger partial charge < -0.3 is 5.32 Å². The van der Waals surface area contributed by atoms with Gasteiger partial charge in [0.05, 0.1) is 28.4 Å². The zero-order chi connectivity index (χ0) is 23.0. The van der Waals surface area contributed by atoms with Gasteiger partial charge >= 0.3 is 6.18 Å². The van der Waals surface area contributed by atoms with E-state index in [0.717, 1.165) is 18.4 Å². The maximum atomic E-state index is 13.0. The van der Waals surface area contributed by atoms with E-state index in [1.807, 2.05) is 0 Å². The Morgan fingerprint density at radius 1 is 1.13 bits per heavy atom. The Morgan fingerprint density at radius 3 is 2.45 bits per heavy atom. The summed E-state index contributed by atoms with van der Waals surface area (Å²) in [5, 5.41) is 6.94. The molecule has 0 unspecified atom stereocenters. The third kappa shape index (κ3) is 4.96. The van der Waals surface area contributed by atoms with Crippen LogP contribution in [0.5, 0.6) is 0 Å². The number of alkyl halides is 3. The Bertz CT molecular complexity index is 1230. The van der Waals surface area contributed by atoms with Crippen LogP contribution >= 0.6 is 0 Å². The number of nitrogens with one attached hydrogen (secondary N) is 1. The predicted molar refractivity (Wildman–Crippen MR) is 109 cm³/mol. The Labute approximate surface area is 177 Å². The van der Waals surface area contributed by atoms with Gasteiger partial charge in [0.25, 0.3) is 5.91 Å². The van der Waals surface area contributed by atoms with Crippen molar-refractivity contribution in [3.63, 3.8) is 0 Å². The SMILES string of the molecule is Cc1c([C@@H](C)NC(=O)c2cccc(S(C)(=O)=O)c2)cnn1-c1cccc(C(F)(F)F)c1. The zero-order valence-corrected chi connectivity index (χ0v) is 17.8. The van der Waals surface area contributed by atoms with Crippen molar-refractivity contribution >= 4 is 15.7 Å². The average molecular weight is 451 g/mol. The van der Waals surface area contributed by atoms with Gasteiger partial charge in [0.1, 0.15) is 0 Å². The number of carbonyl (C=O) groups excluding carboxylic acids is 1. The number of carbonyl (C=O) groups is 1. The summed E-state index contributed by atoms with van der Waals surface area (Å²) in [6.45, 7) is 3.40. The van der Waals surface area contributed by atoms with Crippen LogP contribution in [-0.2, 0) is 16.0 Å². The molecule has 0 saturated heterocycles. The molecule has 0 saturated carbocycles. The van der Waals surface area contributed by atoms with Crippen LogP contribution < -0.4 is 5.32 Å². The van der Waals surface area contributed by atoms with Crippen molar-refractivity contribution in [3.8, 4) is 5.69 Å². The number of hydrogen-bond donors (Lipinski definition) is 1. The topological polar surface area (TPSA) is 81.1 Å². The van der Waals surface area contributed by atoms with Crippen molar-refractivity contribution in [3.05, 3.63) is 77.1 Å². The van der Waals surface area contributed by atoms with Crippen LogP contribution in [0.1, 0.15) is 40.1 Å². The summed E-state index contributed by atoms with van der Waals surface area (Å²) in [6.07, 6.45) is -1.94. The van der Waals surface area contributed by atoms with Crippen molar-refractivity contribution in [1.82, 2.24) is 15.1 Å². The maximum absolute atomic E-state index is 13.0. The lowest BCUT2D eigenvalue weighted by atomic mass is 10.1. The fourth-order valence-corrected chi connectivity index (χ4v) is 3.81. The average Bonchev–Trinajstić information content (AvgIpc) is 3.08. The number of sulfone groups is 1. The smallest absolute Gasteiger partial charge is 0.345 e. The number of aromatic nitrogens is 2. The van der Waals surface area contributed by atoms with E-state index in [-0.39, 0.29) is 16.1 Å². The normalized spacial score (nSPS) is 13.1. The molecule has 31 heavy (non-hydrogen) atoms.